The predicted octanol–water partition coefficient (Wildman–Crippen LogP) is 3.41. The van der Waals surface area contributed by atoms with E-state index in [1.807, 2.05) is 0 Å². The summed E-state index contributed by atoms with van der Waals surface area (Å²) in [6.07, 6.45) is 0.627. The Morgan fingerprint density at radius 3 is 1.96 bits per heavy atom. The lowest BCUT2D eigenvalue weighted by molar-refractivity contribution is -0.0500. The number of ether oxygens (including phenoxy) is 2. The smallest absolute Gasteiger partial charge is 0.496 e. The molecule has 6 nitrogen and oxygen atoms in total. The van der Waals surface area contributed by atoms with Gasteiger partial charge in [0.15, 0.2) is 0 Å². The molecule has 0 amide bonds. The molecule has 0 unspecified atom stereocenters. The Morgan fingerprint density at radius 2 is 1.46 bits per heavy atom. The molecule has 0 heterocycles. The third-order valence-electron chi connectivity index (χ3n) is 3.31. The first-order valence-electron chi connectivity index (χ1n) is 6.95. The number of halogens is 3. The van der Waals surface area contributed by atoms with E-state index in [0.717, 1.165) is 12.1 Å². The molecule has 2 rings (SSSR count). The molecule has 0 aliphatic carbocycles. The average molecular weight is 390 g/mol. The van der Waals surface area contributed by atoms with Crippen LogP contribution in [0.2, 0.25) is 0 Å². The Hall–Kier alpha value is -2.75. The van der Waals surface area contributed by atoms with Crippen LogP contribution in [0, 0.1) is 0 Å². The molecule has 0 atom stereocenters. The van der Waals surface area contributed by atoms with Gasteiger partial charge in [0, 0.05) is 22.8 Å². The monoisotopic (exact) mass is 390 g/mol. The Labute approximate surface area is 147 Å². The number of carbonyl (C=O) groups is 1. The van der Waals surface area contributed by atoms with Crippen LogP contribution in [0.5, 0.6) is 17.2 Å². The number of hydrogen-bond donors (Lipinski definition) is 0. The Morgan fingerprint density at radius 1 is 0.923 bits per heavy atom. The number of alkyl halides is 3. The summed E-state index contributed by atoms with van der Waals surface area (Å²) in [7, 11) is -3.15. The zero-order valence-electron chi connectivity index (χ0n) is 13.5. The Balaban J connectivity index is 2.49. The number of benzene rings is 2. The van der Waals surface area contributed by atoms with Crippen LogP contribution in [0.15, 0.2) is 36.4 Å². The molecule has 0 saturated carbocycles. The number of hydrogen-bond acceptors (Lipinski definition) is 6. The predicted molar refractivity (Wildman–Crippen MR) is 86.0 cm³/mol. The van der Waals surface area contributed by atoms with Crippen molar-refractivity contribution in [1.82, 2.24) is 0 Å². The van der Waals surface area contributed by atoms with Gasteiger partial charge in [-0.05, 0) is 24.3 Å². The molecule has 0 spiro atoms. The highest BCUT2D eigenvalue weighted by atomic mass is 32.2. The van der Waals surface area contributed by atoms with Crippen molar-refractivity contribution in [3.05, 3.63) is 42.0 Å². The molecule has 0 aromatic heterocycles. The minimum Gasteiger partial charge on any atom is -0.496 e. The van der Waals surface area contributed by atoms with E-state index in [-0.39, 0.29) is 5.75 Å². The van der Waals surface area contributed by atoms with Gasteiger partial charge >= 0.3 is 15.6 Å². The summed E-state index contributed by atoms with van der Waals surface area (Å²) < 4.78 is 73.9. The lowest BCUT2D eigenvalue weighted by atomic mass is 10.0. The fourth-order valence-electron chi connectivity index (χ4n) is 2.12. The topological polar surface area (TPSA) is 78.9 Å². The van der Waals surface area contributed by atoms with Crippen LogP contribution in [0.1, 0.15) is 10.4 Å². The number of methoxy groups -OCH3 is 2. The summed E-state index contributed by atoms with van der Waals surface area (Å²) in [5, 5.41) is 0. The van der Waals surface area contributed by atoms with Gasteiger partial charge in [0.25, 0.3) is 0 Å². The van der Waals surface area contributed by atoms with Crippen LogP contribution in [0.3, 0.4) is 0 Å². The van der Waals surface area contributed by atoms with Crippen molar-refractivity contribution >= 4 is 16.4 Å². The van der Waals surface area contributed by atoms with Crippen LogP contribution in [-0.2, 0) is 10.1 Å². The second kappa shape index (κ2) is 7.24. The van der Waals surface area contributed by atoms with Gasteiger partial charge in [-0.3, -0.25) is 4.79 Å². The first-order valence-corrected chi connectivity index (χ1v) is 8.36. The molecule has 10 heteroatoms. The quantitative estimate of drug-likeness (QED) is 0.427. The maximum absolute atomic E-state index is 12.4. The highest BCUT2D eigenvalue weighted by Crippen LogP contribution is 2.39. The highest BCUT2D eigenvalue weighted by Gasteiger charge is 2.48. The van der Waals surface area contributed by atoms with E-state index in [1.54, 1.807) is 6.07 Å². The standard InChI is InChI=1S/C16H13F3O6S/c1-23-14-7-10(9-20)3-5-12(14)13-6-4-11(8-15(13)24-2)25-26(21,22)16(17,18)19/h3-9H,1-2H3. The van der Waals surface area contributed by atoms with Crippen molar-refractivity contribution in [2.24, 2.45) is 0 Å². The van der Waals surface area contributed by atoms with Crippen LogP contribution < -0.4 is 13.7 Å². The van der Waals surface area contributed by atoms with Crippen LogP contribution >= 0.6 is 0 Å². The molecule has 140 valence electrons. The average Bonchev–Trinajstić information content (AvgIpc) is 2.59. The first-order chi connectivity index (χ1) is 12.1. The summed E-state index contributed by atoms with van der Waals surface area (Å²) in [5.41, 5.74) is -4.30. The van der Waals surface area contributed by atoms with Crippen LogP contribution in [0.4, 0.5) is 13.2 Å². The van der Waals surface area contributed by atoms with Gasteiger partial charge in [0.2, 0.25) is 0 Å². The SMILES string of the molecule is COc1cc(C=O)ccc1-c1ccc(OS(=O)(=O)C(F)(F)F)cc1OC. The minimum atomic E-state index is -5.79. The van der Waals surface area contributed by atoms with Gasteiger partial charge in [0.1, 0.15) is 23.5 Å². The van der Waals surface area contributed by atoms with Gasteiger partial charge in [-0.25, -0.2) is 0 Å². The summed E-state index contributed by atoms with van der Waals surface area (Å²) >= 11 is 0. The van der Waals surface area contributed by atoms with Gasteiger partial charge in [-0.1, -0.05) is 6.07 Å². The van der Waals surface area contributed by atoms with Crippen molar-refractivity contribution < 1.29 is 40.0 Å². The normalized spacial score (nSPS) is 11.7. The van der Waals surface area contributed by atoms with E-state index in [2.05, 4.69) is 4.18 Å². The van der Waals surface area contributed by atoms with Crippen molar-refractivity contribution in [1.29, 1.82) is 0 Å². The third kappa shape index (κ3) is 3.90. The maximum Gasteiger partial charge on any atom is 0.534 e. The molecule has 0 bridgehead atoms. The molecule has 0 fully saturated rings. The fourth-order valence-corrected chi connectivity index (χ4v) is 2.57. The molecule has 2 aromatic rings. The number of rotatable bonds is 6. The van der Waals surface area contributed by atoms with E-state index in [9.17, 15) is 26.4 Å². The molecule has 26 heavy (non-hydrogen) atoms. The molecule has 0 radical (unpaired) electrons. The van der Waals surface area contributed by atoms with Gasteiger partial charge in [-0.15, -0.1) is 0 Å². The molecule has 0 N–H and O–H groups in total. The lowest BCUT2D eigenvalue weighted by Gasteiger charge is -2.15. The molecular weight excluding hydrogens is 377 g/mol. The Kier molecular flexibility index (Phi) is 5.45. The van der Waals surface area contributed by atoms with Crippen molar-refractivity contribution in [2.75, 3.05) is 14.2 Å². The largest absolute Gasteiger partial charge is 0.534 e. The molecule has 2 aromatic carbocycles. The third-order valence-corrected chi connectivity index (χ3v) is 4.29. The fraction of sp³-hybridized carbons (Fsp3) is 0.188. The van der Waals surface area contributed by atoms with Crippen molar-refractivity contribution in [3.63, 3.8) is 0 Å². The van der Waals surface area contributed by atoms with Gasteiger partial charge in [-0.2, -0.15) is 21.6 Å². The molecule has 0 saturated heterocycles. The molecule has 0 aliphatic rings. The summed E-state index contributed by atoms with van der Waals surface area (Å²) in [5.74, 6) is -0.187. The zero-order chi connectivity index (χ0) is 19.5. The Bertz CT molecular complexity index is 922. The lowest BCUT2D eigenvalue weighted by Crippen LogP contribution is -2.28. The molecular formula is C16H13F3O6S. The zero-order valence-corrected chi connectivity index (χ0v) is 14.3. The van der Waals surface area contributed by atoms with E-state index in [0.29, 0.717) is 28.7 Å². The summed E-state index contributed by atoms with van der Waals surface area (Å²) in [6, 6.07) is 7.93. The van der Waals surface area contributed by atoms with Crippen LogP contribution in [-0.4, -0.2) is 34.4 Å². The number of aldehydes is 1. The van der Waals surface area contributed by atoms with Crippen molar-refractivity contribution in [3.8, 4) is 28.4 Å². The molecule has 0 aliphatic heterocycles. The summed E-state index contributed by atoms with van der Waals surface area (Å²) in [4.78, 5) is 10.9. The van der Waals surface area contributed by atoms with Gasteiger partial charge in [0.05, 0.1) is 14.2 Å². The van der Waals surface area contributed by atoms with Crippen molar-refractivity contribution in [2.45, 2.75) is 5.51 Å². The number of carbonyl (C=O) groups excluding carboxylic acids is 1. The van der Waals surface area contributed by atoms with E-state index >= 15 is 0 Å². The van der Waals surface area contributed by atoms with Gasteiger partial charge < -0.3 is 13.7 Å². The van der Waals surface area contributed by atoms with Crippen LogP contribution in [0.25, 0.3) is 11.1 Å². The summed E-state index contributed by atoms with van der Waals surface area (Å²) in [6.45, 7) is 0. The first kappa shape index (κ1) is 19.6. The second-order valence-corrected chi connectivity index (χ2v) is 6.46. The van der Waals surface area contributed by atoms with E-state index in [1.165, 1.54) is 32.4 Å². The minimum absolute atomic E-state index is 0.0528. The second-order valence-electron chi connectivity index (χ2n) is 4.92. The van der Waals surface area contributed by atoms with E-state index in [4.69, 9.17) is 9.47 Å². The highest BCUT2D eigenvalue weighted by molar-refractivity contribution is 7.88. The maximum atomic E-state index is 12.4. The van der Waals surface area contributed by atoms with E-state index < -0.39 is 21.4 Å².